The standard InChI is InChI=1S/C19H21N3O4S/c20-27(25,26)16-8-6-14(7-9-16)10-11-21-17-12-18(23)22(19(17)24)13-15-4-2-1-3-5-15/h1-9,17,21H,10-13H2,(H2,20,25,26)/t17-/m1/s1. The van der Waals surface area contributed by atoms with Crippen LogP contribution in [0.1, 0.15) is 17.5 Å². The molecule has 8 heteroatoms. The summed E-state index contributed by atoms with van der Waals surface area (Å²) in [6.07, 6.45) is 0.748. The van der Waals surface area contributed by atoms with Gasteiger partial charge in [-0.15, -0.1) is 0 Å². The van der Waals surface area contributed by atoms with Crippen molar-refractivity contribution in [3.63, 3.8) is 0 Å². The van der Waals surface area contributed by atoms with Crippen molar-refractivity contribution in [2.45, 2.75) is 30.3 Å². The molecule has 1 heterocycles. The minimum atomic E-state index is -3.70. The summed E-state index contributed by atoms with van der Waals surface area (Å²) in [6.45, 7) is 0.781. The van der Waals surface area contributed by atoms with Gasteiger partial charge in [0.2, 0.25) is 21.8 Å². The smallest absolute Gasteiger partial charge is 0.247 e. The number of hydrogen-bond donors (Lipinski definition) is 2. The van der Waals surface area contributed by atoms with E-state index in [1.807, 2.05) is 30.3 Å². The third kappa shape index (κ3) is 4.79. The third-order valence-electron chi connectivity index (χ3n) is 4.48. The lowest BCUT2D eigenvalue weighted by Gasteiger charge is -2.15. The van der Waals surface area contributed by atoms with E-state index < -0.39 is 16.1 Å². The number of likely N-dealkylation sites (tertiary alicyclic amines) is 1. The fourth-order valence-electron chi connectivity index (χ4n) is 3.01. The molecule has 0 aromatic heterocycles. The van der Waals surface area contributed by atoms with Gasteiger partial charge in [-0.25, -0.2) is 13.6 Å². The number of imide groups is 1. The van der Waals surface area contributed by atoms with Crippen molar-refractivity contribution in [3.8, 4) is 0 Å². The monoisotopic (exact) mass is 387 g/mol. The second-order valence-electron chi connectivity index (χ2n) is 6.45. The zero-order valence-electron chi connectivity index (χ0n) is 14.7. The quantitative estimate of drug-likeness (QED) is 0.683. The van der Waals surface area contributed by atoms with E-state index in [0.29, 0.717) is 13.0 Å². The first-order chi connectivity index (χ1) is 12.8. The van der Waals surface area contributed by atoms with Crippen molar-refractivity contribution >= 4 is 21.8 Å². The summed E-state index contributed by atoms with van der Waals surface area (Å²) >= 11 is 0. The van der Waals surface area contributed by atoms with E-state index in [4.69, 9.17) is 5.14 Å². The number of benzene rings is 2. The molecule has 1 fully saturated rings. The first-order valence-corrected chi connectivity index (χ1v) is 10.1. The van der Waals surface area contributed by atoms with Crippen LogP contribution in [-0.4, -0.2) is 37.7 Å². The van der Waals surface area contributed by atoms with Crippen LogP contribution in [0, 0.1) is 0 Å². The number of amides is 2. The number of nitrogens with one attached hydrogen (secondary N) is 1. The van der Waals surface area contributed by atoms with Crippen LogP contribution in [0.4, 0.5) is 0 Å². The van der Waals surface area contributed by atoms with Crippen molar-refractivity contribution in [1.29, 1.82) is 0 Å². The molecule has 1 saturated heterocycles. The maximum absolute atomic E-state index is 12.5. The Morgan fingerprint density at radius 2 is 1.67 bits per heavy atom. The van der Waals surface area contributed by atoms with E-state index in [-0.39, 0.29) is 29.7 Å². The highest BCUT2D eigenvalue weighted by molar-refractivity contribution is 7.89. The number of rotatable bonds is 7. The maximum Gasteiger partial charge on any atom is 0.247 e. The molecule has 2 aromatic carbocycles. The van der Waals surface area contributed by atoms with E-state index in [1.54, 1.807) is 12.1 Å². The Morgan fingerprint density at radius 3 is 2.30 bits per heavy atom. The van der Waals surface area contributed by atoms with Crippen LogP contribution in [0.3, 0.4) is 0 Å². The van der Waals surface area contributed by atoms with E-state index in [2.05, 4.69) is 5.32 Å². The predicted molar refractivity (Wildman–Crippen MR) is 99.9 cm³/mol. The molecule has 1 atom stereocenters. The van der Waals surface area contributed by atoms with Crippen LogP contribution in [0.5, 0.6) is 0 Å². The second kappa shape index (κ2) is 7.99. The summed E-state index contributed by atoms with van der Waals surface area (Å²) < 4.78 is 22.5. The van der Waals surface area contributed by atoms with E-state index in [9.17, 15) is 18.0 Å². The summed E-state index contributed by atoms with van der Waals surface area (Å²) in [5.74, 6) is -0.396. The van der Waals surface area contributed by atoms with Gasteiger partial charge >= 0.3 is 0 Å². The van der Waals surface area contributed by atoms with Crippen LogP contribution in [0.2, 0.25) is 0 Å². The van der Waals surface area contributed by atoms with E-state index >= 15 is 0 Å². The lowest BCUT2D eigenvalue weighted by molar-refractivity contribution is -0.139. The summed E-state index contributed by atoms with van der Waals surface area (Å²) in [7, 11) is -3.70. The number of carbonyl (C=O) groups is 2. The minimum Gasteiger partial charge on any atom is -0.305 e. The molecule has 1 aliphatic rings. The Hall–Kier alpha value is -2.55. The summed E-state index contributed by atoms with van der Waals surface area (Å²) in [4.78, 5) is 26.0. The highest BCUT2D eigenvalue weighted by atomic mass is 32.2. The fourth-order valence-corrected chi connectivity index (χ4v) is 3.53. The lowest BCUT2D eigenvalue weighted by atomic mass is 10.1. The SMILES string of the molecule is NS(=O)(=O)c1ccc(CCN[C@@H]2CC(=O)N(Cc3ccccc3)C2=O)cc1. The van der Waals surface area contributed by atoms with Crippen LogP contribution >= 0.6 is 0 Å². The Morgan fingerprint density at radius 1 is 1.00 bits per heavy atom. The number of nitrogens with two attached hydrogens (primary N) is 1. The second-order valence-corrected chi connectivity index (χ2v) is 8.01. The molecule has 3 rings (SSSR count). The van der Waals surface area contributed by atoms with Gasteiger partial charge in [-0.2, -0.15) is 0 Å². The number of carbonyl (C=O) groups excluding carboxylic acids is 2. The normalized spacial score (nSPS) is 17.5. The number of nitrogens with zero attached hydrogens (tertiary/aromatic N) is 1. The van der Waals surface area contributed by atoms with Gasteiger partial charge in [0.25, 0.3) is 0 Å². The molecule has 27 heavy (non-hydrogen) atoms. The van der Waals surface area contributed by atoms with Gasteiger partial charge in [0, 0.05) is 0 Å². The average molecular weight is 387 g/mol. The summed E-state index contributed by atoms with van der Waals surface area (Å²) in [6, 6.07) is 15.2. The molecule has 0 radical (unpaired) electrons. The van der Waals surface area contributed by atoms with Gasteiger partial charge in [0.05, 0.1) is 23.9 Å². The average Bonchev–Trinajstić information content (AvgIpc) is 2.90. The van der Waals surface area contributed by atoms with Crippen LogP contribution in [0.25, 0.3) is 0 Å². The maximum atomic E-state index is 12.5. The van der Waals surface area contributed by atoms with Gasteiger partial charge in [-0.05, 0) is 36.2 Å². The molecule has 1 aliphatic heterocycles. The molecular weight excluding hydrogens is 366 g/mol. The van der Waals surface area contributed by atoms with Crippen LogP contribution in [0.15, 0.2) is 59.5 Å². The molecule has 7 nitrogen and oxygen atoms in total. The number of primary sulfonamides is 1. The van der Waals surface area contributed by atoms with Gasteiger partial charge in [-0.3, -0.25) is 14.5 Å². The summed E-state index contributed by atoms with van der Waals surface area (Å²) in [5, 5.41) is 8.19. The molecule has 0 bridgehead atoms. The Balaban J connectivity index is 1.53. The minimum absolute atomic E-state index is 0.0623. The largest absolute Gasteiger partial charge is 0.305 e. The zero-order valence-corrected chi connectivity index (χ0v) is 15.5. The van der Waals surface area contributed by atoms with Gasteiger partial charge in [0.1, 0.15) is 0 Å². The molecule has 2 aromatic rings. The Bertz CT molecular complexity index is 927. The molecule has 0 spiro atoms. The van der Waals surface area contributed by atoms with Crippen molar-refractivity contribution in [2.24, 2.45) is 5.14 Å². The molecule has 3 N–H and O–H groups in total. The fraction of sp³-hybridized carbons (Fsp3) is 0.263. The van der Waals surface area contributed by atoms with Crippen molar-refractivity contribution in [3.05, 3.63) is 65.7 Å². The lowest BCUT2D eigenvalue weighted by Crippen LogP contribution is -2.39. The number of sulfonamides is 1. The molecule has 0 aliphatic carbocycles. The van der Waals surface area contributed by atoms with Crippen LogP contribution in [-0.2, 0) is 32.6 Å². The molecule has 0 saturated carbocycles. The van der Waals surface area contributed by atoms with E-state index in [0.717, 1.165) is 11.1 Å². The summed E-state index contributed by atoms with van der Waals surface area (Å²) in [5.41, 5.74) is 1.82. The Kier molecular flexibility index (Phi) is 5.69. The van der Waals surface area contributed by atoms with Gasteiger partial charge < -0.3 is 5.32 Å². The van der Waals surface area contributed by atoms with Crippen molar-refractivity contribution in [1.82, 2.24) is 10.2 Å². The highest BCUT2D eigenvalue weighted by Crippen LogP contribution is 2.17. The van der Waals surface area contributed by atoms with Crippen molar-refractivity contribution in [2.75, 3.05) is 6.54 Å². The zero-order chi connectivity index (χ0) is 19.4. The van der Waals surface area contributed by atoms with Gasteiger partial charge in [-0.1, -0.05) is 42.5 Å². The predicted octanol–water partition coefficient (Wildman–Crippen LogP) is 0.794. The molecule has 142 valence electrons. The van der Waals surface area contributed by atoms with E-state index in [1.165, 1.54) is 17.0 Å². The number of hydrogen-bond acceptors (Lipinski definition) is 5. The third-order valence-corrected chi connectivity index (χ3v) is 5.41. The highest BCUT2D eigenvalue weighted by Gasteiger charge is 2.37. The van der Waals surface area contributed by atoms with Crippen molar-refractivity contribution < 1.29 is 18.0 Å². The topological polar surface area (TPSA) is 110 Å². The molecular formula is C19H21N3O4S. The first kappa shape index (κ1) is 19.2. The first-order valence-electron chi connectivity index (χ1n) is 8.58. The molecule has 2 amide bonds. The Labute approximate surface area is 158 Å². The molecule has 0 unspecified atom stereocenters. The van der Waals surface area contributed by atoms with Crippen LogP contribution < -0.4 is 10.5 Å². The van der Waals surface area contributed by atoms with Gasteiger partial charge in [0.15, 0.2) is 0 Å².